The topological polar surface area (TPSA) is 21.3 Å². The van der Waals surface area contributed by atoms with E-state index in [1.54, 1.807) is 0 Å². The molecule has 2 aromatic carbocycles. The van der Waals surface area contributed by atoms with E-state index in [1.165, 1.54) is 16.3 Å². The summed E-state index contributed by atoms with van der Waals surface area (Å²) in [4.78, 5) is 0. The highest BCUT2D eigenvalue weighted by atomic mass is 16.5. The van der Waals surface area contributed by atoms with Gasteiger partial charge in [-0.3, -0.25) is 0 Å². The second-order valence-corrected chi connectivity index (χ2v) is 5.10. The van der Waals surface area contributed by atoms with E-state index in [2.05, 4.69) is 55.2 Å². The predicted molar refractivity (Wildman–Crippen MR) is 86.3 cm³/mol. The lowest BCUT2D eigenvalue weighted by Gasteiger charge is -2.14. The van der Waals surface area contributed by atoms with Gasteiger partial charge < -0.3 is 10.1 Å². The van der Waals surface area contributed by atoms with Gasteiger partial charge in [0.2, 0.25) is 0 Å². The molecule has 0 amide bonds. The fourth-order valence-electron chi connectivity index (χ4n) is 2.22. The predicted octanol–water partition coefficient (Wildman–Crippen LogP) is 4.29. The molecule has 2 aromatic rings. The van der Waals surface area contributed by atoms with Crippen molar-refractivity contribution in [1.82, 2.24) is 5.32 Å². The van der Waals surface area contributed by atoms with Crippen molar-refractivity contribution in [2.75, 3.05) is 13.2 Å². The third-order valence-electron chi connectivity index (χ3n) is 3.34. The normalized spacial score (nSPS) is 10.7. The highest BCUT2D eigenvalue weighted by molar-refractivity contribution is 5.87. The molecule has 0 heterocycles. The first-order valence-corrected chi connectivity index (χ1v) is 7.21. The zero-order valence-electron chi connectivity index (χ0n) is 12.4. The molecule has 0 saturated heterocycles. The second kappa shape index (κ2) is 7.11. The van der Waals surface area contributed by atoms with Crippen LogP contribution in [0.5, 0.6) is 5.75 Å². The number of benzene rings is 2. The van der Waals surface area contributed by atoms with Gasteiger partial charge in [0.15, 0.2) is 0 Å². The number of fused-ring (bicyclic) bond motifs is 1. The number of hydrogen-bond acceptors (Lipinski definition) is 2. The molecule has 0 aliphatic carbocycles. The van der Waals surface area contributed by atoms with E-state index in [0.717, 1.165) is 30.8 Å². The maximum absolute atomic E-state index is 5.95. The molecule has 0 aliphatic rings. The third kappa shape index (κ3) is 3.61. The summed E-state index contributed by atoms with van der Waals surface area (Å²) in [5.74, 6) is 0.978. The first-order chi connectivity index (χ1) is 9.72. The van der Waals surface area contributed by atoms with E-state index >= 15 is 0 Å². The average Bonchev–Trinajstić information content (AvgIpc) is 2.45. The lowest BCUT2D eigenvalue weighted by Crippen LogP contribution is -2.13. The van der Waals surface area contributed by atoms with E-state index in [4.69, 9.17) is 4.74 Å². The number of rotatable bonds is 7. The minimum absolute atomic E-state index is 0.687. The quantitative estimate of drug-likeness (QED) is 0.757. The second-order valence-electron chi connectivity index (χ2n) is 5.10. The summed E-state index contributed by atoms with van der Waals surface area (Å²) < 4.78 is 5.95. The Bertz CT molecular complexity index is 589. The Morgan fingerprint density at radius 1 is 1.20 bits per heavy atom. The standard InChI is InChI=1S/C18H23NO/c1-4-19-13-17-16-8-6-5-7-15(16)9-10-18(17)20-12-11-14(2)3/h5-10,19H,2,4,11-13H2,1,3H3. The lowest BCUT2D eigenvalue weighted by atomic mass is 10.0. The molecular weight excluding hydrogens is 246 g/mol. The molecule has 0 bridgehead atoms. The van der Waals surface area contributed by atoms with Crippen molar-refractivity contribution in [3.63, 3.8) is 0 Å². The number of hydrogen-bond donors (Lipinski definition) is 1. The first kappa shape index (κ1) is 14.6. The van der Waals surface area contributed by atoms with Crippen LogP contribution >= 0.6 is 0 Å². The molecule has 20 heavy (non-hydrogen) atoms. The fourth-order valence-corrected chi connectivity index (χ4v) is 2.22. The summed E-state index contributed by atoms with van der Waals surface area (Å²) in [5, 5.41) is 5.92. The van der Waals surface area contributed by atoms with Gasteiger partial charge in [-0.2, -0.15) is 0 Å². The van der Waals surface area contributed by atoms with Crippen molar-refractivity contribution >= 4 is 10.8 Å². The van der Waals surface area contributed by atoms with Crippen molar-refractivity contribution in [2.45, 2.75) is 26.8 Å². The SMILES string of the molecule is C=C(C)CCOc1ccc2ccccc2c1CNCC. The van der Waals surface area contributed by atoms with Crippen LogP contribution in [0.4, 0.5) is 0 Å². The van der Waals surface area contributed by atoms with Gasteiger partial charge in [-0.25, -0.2) is 0 Å². The first-order valence-electron chi connectivity index (χ1n) is 7.21. The Balaban J connectivity index is 2.29. The van der Waals surface area contributed by atoms with Crippen molar-refractivity contribution < 1.29 is 4.74 Å². The molecule has 1 N–H and O–H groups in total. The summed E-state index contributed by atoms with van der Waals surface area (Å²) in [6.07, 6.45) is 0.896. The third-order valence-corrected chi connectivity index (χ3v) is 3.34. The van der Waals surface area contributed by atoms with Gasteiger partial charge >= 0.3 is 0 Å². The van der Waals surface area contributed by atoms with E-state index in [1.807, 2.05) is 6.92 Å². The summed E-state index contributed by atoms with van der Waals surface area (Å²) in [6.45, 7) is 10.5. The van der Waals surface area contributed by atoms with Gasteiger partial charge in [-0.05, 0) is 30.3 Å². The van der Waals surface area contributed by atoms with Crippen LogP contribution in [-0.4, -0.2) is 13.2 Å². The van der Waals surface area contributed by atoms with Crippen LogP contribution in [0, 0.1) is 0 Å². The Morgan fingerprint density at radius 2 is 2.00 bits per heavy atom. The number of ether oxygens (including phenoxy) is 1. The average molecular weight is 269 g/mol. The Kier molecular flexibility index (Phi) is 5.19. The fraction of sp³-hybridized carbons (Fsp3) is 0.333. The Morgan fingerprint density at radius 3 is 2.75 bits per heavy atom. The summed E-state index contributed by atoms with van der Waals surface area (Å²) in [6, 6.07) is 12.7. The maximum atomic E-state index is 5.95. The van der Waals surface area contributed by atoms with Crippen LogP contribution in [0.1, 0.15) is 25.8 Å². The van der Waals surface area contributed by atoms with Gasteiger partial charge in [0, 0.05) is 18.5 Å². The van der Waals surface area contributed by atoms with Gasteiger partial charge in [0.05, 0.1) is 6.61 Å². The molecule has 2 nitrogen and oxygen atoms in total. The van der Waals surface area contributed by atoms with Crippen molar-refractivity contribution in [3.05, 3.63) is 54.1 Å². The van der Waals surface area contributed by atoms with Crippen LogP contribution in [0.2, 0.25) is 0 Å². The molecule has 2 rings (SSSR count). The molecular formula is C18H23NO. The van der Waals surface area contributed by atoms with Crippen LogP contribution in [-0.2, 0) is 6.54 Å². The van der Waals surface area contributed by atoms with Crippen molar-refractivity contribution in [2.24, 2.45) is 0 Å². The lowest BCUT2D eigenvalue weighted by molar-refractivity contribution is 0.318. The minimum Gasteiger partial charge on any atom is -0.493 e. The van der Waals surface area contributed by atoms with Gasteiger partial charge in [-0.1, -0.05) is 42.8 Å². The van der Waals surface area contributed by atoms with E-state index in [-0.39, 0.29) is 0 Å². The van der Waals surface area contributed by atoms with Crippen LogP contribution in [0.25, 0.3) is 10.8 Å². The van der Waals surface area contributed by atoms with Gasteiger partial charge in [0.25, 0.3) is 0 Å². The van der Waals surface area contributed by atoms with Crippen molar-refractivity contribution in [1.29, 1.82) is 0 Å². The molecule has 0 fully saturated rings. The molecule has 0 aliphatic heterocycles. The molecule has 0 unspecified atom stereocenters. The smallest absolute Gasteiger partial charge is 0.124 e. The summed E-state index contributed by atoms with van der Waals surface area (Å²) in [7, 11) is 0. The van der Waals surface area contributed by atoms with Crippen molar-refractivity contribution in [3.8, 4) is 5.75 Å². The zero-order valence-corrected chi connectivity index (χ0v) is 12.4. The van der Waals surface area contributed by atoms with E-state index in [0.29, 0.717) is 6.61 Å². The van der Waals surface area contributed by atoms with Gasteiger partial charge in [0.1, 0.15) is 5.75 Å². The minimum atomic E-state index is 0.687. The highest BCUT2D eigenvalue weighted by Crippen LogP contribution is 2.28. The molecule has 0 spiro atoms. The van der Waals surface area contributed by atoms with Crippen LogP contribution in [0.3, 0.4) is 0 Å². The van der Waals surface area contributed by atoms with E-state index in [9.17, 15) is 0 Å². The Hall–Kier alpha value is -1.80. The maximum Gasteiger partial charge on any atom is 0.124 e. The molecule has 106 valence electrons. The molecule has 0 atom stereocenters. The molecule has 0 radical (unpaired) electrons. The van der Waals surface area contributed by atoms with E-state index < -0.39 is 0 Å². The van der Waals surface area contributed by atoms with Crippen LogP contribution < -0.4 is 10.1 Å². The monoisotopic (exact) mass is 269 g/mol. The molecule has 0 saturated carbocycles. The number of nitrogens with one attached hydrogen (secondary N) is 1. The summed E-state index contributed by atoms with van der Waals surface area (Å²) in [5.41, 5.74) is 2.39. The highest BCUT2D eigenvalue weighted by Gasteiger charge is 2.08. The molecule has 0 aromatic heterocycles. The largest absolute Gasteiger partial charge is 0.493 e. The Labute approximate surface area is 121 Å². The van der Waals surface area contributed by atoms with Gasteiger partial charge in [-0.15, -0.1) is 6.58 Å². The zero-order chi connectivity index (χ0) is 14.4. The molecule has 2 heteroatoms. The summed E-state index contributed by atoms with van der Waals surface area (Å²) >= 11 is 0. The van der Waals surface area contributed by atoms with Crippen LogP contribution in [0.15, 0.2) is 48.6 Å².